The van der Waals surface area contributed by atoms with Crippen LogP contribution in [0.1, 0.15) is 18.2 Å². The summed E-state index contributed by atoms with van der Waals surface area (Å²) in [6, 6.07) is 20.3. The summed E-state index contributed by atoms with van der Waals surface area (Å²) in [5.41, 5.74) is 0.673. The first-order valence-corrected chi connectivity index (χ1v) is 13.5. The van der Waals surface area contributed by atoms with E-state index in [9.17, 15) is 18.5 Å². The van der Waals surface area contributed by atoms with Gasteiger partial charge >= 0.3 is 0 Å². The average molecular weight is 511 g/mol. The third-order valence-corrected chi connectivity index (χ3v) is 9.80. The Morgan fingerprint density at radius 1 is 1.03 bits per heavy atom. The van der Waals surface area contributed by atoms with Gasteiger partial charge in [-0.05, 0) is 48.2 Å². The number of sulfone groups is 1. The molecule has 1 aromatic heterocycles. The molecule has 11 heteroatoms. The van der Waals surface area contributed by atoms with Crippen LogP contribution in [0.25, 0.3) is 0 Å². The van der Waals surface area contributed by atoms with Crippen molar-refractivity contribution in [1.82, 2.24) is 9.88 Å². The minimum Gasteiger partial charge on any atom is -0.313 e. The molecule has 2 aliphatic rings. The van der Waals surface area contributed by atoms with Gasteiger partial charge in [-0.15, -0.1) is 11.8 Å². The van der Waals surface area contributed by atoms with Gasteiger partial charge in [0.05, 0.1) is 26.9 Å². The van der Waals surface area contributed by atoms with E-state index in [1.807, 2.05) is 53.4 Å². The van der Waals surface area contributed by atoms with Crippen molar-refractivity contribution in [2.24, 2.45) is 4.99 Å². The summed E-state index contributed by atoms with van der Waals surface area (Å²) in [6.07, 6.45) is 4.00. The van der Waals surface area contributed by atoms with Crippen molar-refractivity contribution in [2.75, 3.05) is 0 Å². The molecule has 2 unspecified atom stereocenters. The average Bonchev–Trinajstić information content (AvgIpc) is 3.31. The van der Waals surface area contributed by atoms with Gasteiger partial charge in [0.25, 0.3) is 5.69 Å². The van der Waals surface area contributed by atoms with Crippen LogP contribution < -0.4 is 0 Å². The van der Waals surface area contributed by atoms with E-state index in [1.165, 1.54) is 24.3 Å². The van der Waals surface area contributed by atoms with Crippen molar-refractivity contribution in [2.45, 2.75) is 27.6 Å². The van der Waals surface area contributed by atoms with Crippen LogP contribution in [-0.4, -0.2) is 33.8 Å². The van der Waals surface area contributed by atoms with E-state index in [4.69, 9.17) is 4.99 Å². The van der Waals surface area contributed by atoms with E-state index in [2.05, 4.69) is 4.98 Å². The zero-order valence-electron chi connectivity index (χ0n) is 17.6. The molecule has 0 amide bonds. The standard InChI is InChI=1S/C23H18N4O4S3/c28-27(29)16-9-11-18(12-10-16)34(30,31)22-15-26-21(32-17-6-2-1-3-7-17)14-20(25-23(26)33-22)19-8-4-5-13-24-19/h1-13,15,20-21H,14H2. The highest BCUT2D eigenvalue weighted by molar-refractivity contribution is 8.27. The van der Waals surface area contributed by atoms with E-state index in [0.717, 1.165) is 22.4 Å². The maximum atomic E-state index is 13.3. The molecular formula is C23H18N4O4S3. The normalized spacial score (nSPS) is 19.8. The highest BCUT2D eigenvalue weighted by atomic mass is 32.3. The number of non-ortho nitro benzene ring substituents is 1. The number of nitro groups is 1. The van der Waals surface area contributed by atoms with Crippen LogP contribution in [-0.2, 0) is 9.84 Å². The molecule has 0 fully saturated rings. The number of amidine groups is 1. The zero-order chi connectivity index (χ0) is 23.7. The first-order chi connectivity index (χ1) is 16.4. The molecule has 2 aromatic carbocycles. The second-order valence-corrected chi connectivity index (χ2v) is 12.0. The van der Waals surface area contributed by atoms with Crippen molar-refractivity contribution in [3.8, 4) is 0 Å². The van der Waals surface area contributed by atoms with Gasteiger partial charge in [-0.25, -0.2) is 8.42 Å². The summed E-state index contributed by atoms with van der Waals surface area (Å²) in [4.78, 5) is 22.6. The van der Waals surface area contributed by atoms with Crippen LogP contribution in [0.15, 0.2) is 104 Å². The topological polar surface area (TPSA) is 106 Å². The Labute approximate surface area is 204 Å². The molecule has 0 aliphatic carbocycles. The number of hydrogen-bond donors (Lipinski definition) is 0. The summed E-state index contributed by atoms with van der Waals surface area (Å²) in [7, 11) is -3.86. The molecule has 5 rings (SSSR count). The summed E-state index contributed by atoms with van der Waals surface area (Å²) in [5, 5.41) is 11.4. The summed E-state index contributed by atoms with van der Waals surface area (Å²) >= 11 is 2.74. The number of pyridine rings is 1. The molecule has 34 heavy (non-hydrogen) atoms. The molecule has 2 aliphatic heterocycles. The van der Waals surface area contributed by atoms with Crippen molar-refractivity contribution in [3.05, 3.63) is 105 Å². The van der Waals surface area contributed by atoms with E-state index in [-0.39, 0.29) is 26.2 Å². The third-order valence-electron chi connectivity index (χ3n) is 5.33. The molecule has 0 N–H and O–H groups in total. The molecule has 0 spiro atoms. The summed E-state index contributed by atoms with van der Waals surface area (Å²) in [6.45, 7) is 0. The second kappa shape index (κ2) is 9.24. The predicted molar refractivity (Wildman–Crippen MR) is 133 cm³/mol. The monoisotopic (exact) mass is 510 g/mol. The molecule has 0 radical (unpaired) electrons. The van der Waals surface area contributed by atoms with Gasteiger partial charge in [-0.3, -0.25) is 20.1 Å². The highest BCUT2D eigenvalue weighted by Gasteiger charge is 2.39. The van der Waals surface area contributed by atoms with Gasteiger partial charge in [-0.1, -0.05) is 24.3 Å². The fourth-order valence-corrected chi connectivity index (χ4v) is 7.63. The lowest BCUT2D eigenvalue weighted by Crippen LogP contribution is -2.35. The third kappa shape index (κ3) is 4.46. The fourth-order valence-electron chi connectivity index (χ4n) is 3.64. The van der Waals surface area contributed by atoms with Crippen LogP contribution in [0.3, 0.4) is 0 Å². The number of thioether (sulfide) groups is 2. The molecule has 3 heterocycles. The maximum Gasteiger partial charge on any atom is 0.269 e. The Balaban J connectivity index is 1.49. The number of benzene rings is 2. The fraction of sp³-hybridized carbons (Fsp3) is 0.130. The number of aliphatic imine (C=N–C) groups is 1. The molecule has 2 atom stereocenters. The largest absolute Gasteiger partial charge is 0.313 e. The molecule has 3 aromatic rings. The Hall–Kier alpha value is -3.15. The maximum absolute atomic E-state index is 13.3. The Kier molecular flexibility index (Phi) is 6.15. The first-order valence-electron chi connectivity index (χ1n) is 10.3. The molecule has 8 nitrogen and oxygen atoms in total. The van der Waals surface area contributed by atoms with Crippen LogP contribution >= 0.6 is 23.5 Å². The Bertz CT molecular complexity index is 1380. The predicted octanol–water partition coefficient (Wildman–Crippen LogP) is 5.23. The lowest BCUT2D eigenvalue weighted by molar-refractivity contribution is -0.384. The van der Waals surface area contributed by atoms with Crippen LogP contribution in [0.5, 0.6) is 0 Å². The first kappa shape index (κ1) is 22.6. The summed E-state index contributed by atoms with van der Waals surface area (Å²) < 4.78 is 26.8. The van der Waals surface area contributed by atoms with Crippen LogP contribution in [0.4, 0.5) is 5.69 Å². The second-order valence-electron chi connectivity index (χ2n) is 7.52. The SMILES string of the molecule is O=[N+]([O-])c1ccc(S(=O)(=O)C2=CN3C(=NC(c4ccccn4)CC3Sc3ccccc3)S2)cc1. The lowest BCUT2D eigenvalue weighted by atomic mass is 10.1. The van der Waals surface area contributed by atoms with Gasteiger partial charge in [0, 0.05) is 35.8 Å². The number of rotatable bonds is 6. The van der Waals surface area contributed by atoms with Gasteiger partial charge in [0.1, 0.15) is 4.24 Å². The smallest absolute Gasteiger partial charge is 0.269 e. The van der Waals surface area contributed by atoms with Crippen molar-refractivity contribution in [1.29, 1.82) is 0 Å². The number of aromatic nitrogens is 1. The van der Waals surface area contributed by atoms with E-state index in [1.54, 1.807) is 24.2 Å². The Morgan fingerprint density at radius 2 is 1.76 bits per heavy atom. The molecular weight excluding hydrogens is 492 g/mol. The number of fused-ring (bicyclic) bond motifs is 1. The summed E-state index contributed by atoms with van der Waals surface area (Å²) in [5.74, 6) is 0. The lowest BCUT2D eigenvalue weighted by Gasteiger charge is -2.34. The van der Waals surface area contributed by atoms with E-state index in [0.29, 0.717) is 11.6 Å². The van der Waals surface area contributed by atoms with Crippen LogP contribution in [0.2, 0.25) is 0 Å². The van der Waals surface area contributed by atoms with Gasteiger partial charge in [0.2, 0.25) is 9.84 Å². The molecule has 0 bridgehead atoms. The van der Waals surface area contributed by atoms with Crippen LogP contribution in [0, 0.1) is 10.1 Å². The number of nitro benzene ring substituents is 1. The minimum absolute atomic E-state index is 0.00540. The Morgan fingerprint density at radius 3 is 2.44 bits per heavy atom. The minimum atomic E-state index is -3.86. The van der Waals surface area contributed by atoms with E-state index < -0.39 is 14.8 Å². The molecule has 172 valence electrons. The van der Waals surface area contributed by atoms with E-state index >= 15 is 0 Å². The van der Waals surface area contributed by atoms with Crippen molar-refractivity contribution < 1.29 is 13.3 Å². The van der Waals surface area contributed by atoms with Gasteiger partial charge in [0.15, 0.2) is 5.17 Å². The van der Waals surface area contributed by atoms with Crippen molar-refractivity contribution in [3.63, 3.8) is 0 Å². The van der Waals surface area contributed by atoms with Gasteiger partial charge in [-0.2, -0.15) is 0 Å². The van der Waals surface area contributed by atoms with Gasteiger partial charge < -0.3 is 4.90 Å². The number of hydrogen-bond acceptors (Lipinski definition) is 9. The number of nitrogens with zero attached hydrogens (tertiary/aromatic N) is 4. The van der Waals surface area contributed by atoms with Crippen molar-refractivity contribution >= 4 is 44.2 Å². The molecule has 0 saturated heterocycles. The zero-order valence-corrected chi connectivity index (χ0v) is 20.0. The quantitative estimate of drug-likeness (QED) is 0.328. The molecule has 0 saturated carbocycles. The highest BCUT2D eigenvalue weighted by Crippen LogP contribution is 2.46.